The average Bonchev–Trinajstić information content (AvgIpc) is 2.60. The number of fused-ring (bicyclic) bond motifs is 1. The Hall–Kier alpha value is -2.69. The van der Waals surface area contributed by atoms with Crippen molar-refractivity contribution in [1.29, 1.82) is 0 Å². The summed E-state index contributed by atoms with van der Waals surface area (Å²) >= 11 is 0. The summed E-state index contributed by atoms with van der Waals surface area (Å²) in [4.78, 5) is 12.4. The summed E-state index contributed by atoms with van der Waals surface area (Å²) in [6.45, 7) is 5.84. The minimum absolute atomic E-state index is 0.193. The lowest BCUT2D eigenvalue weighted by Crippen LogP contribution is -2.16. The smallest absolute Gasteiger partial charge is 0.255 e. The van der Waals surface area contributed by atoms with Crippen molar-refractivity contribution in [2.45, 2.75) is 13.8 Å². The van der Waals surface area contributed by atoms with Gasteiger partial charge in [0.25, 0.3) is 5.91 Å². The summed E-state index contributed by atoms with van der Waals surface area (Å²) in [6.07, 6.45) is 0. The summed E-state index contributed by atoms with van der Waals surface area (Å²) in [5.74, 6) is 2.27. The van der Waals surface area contributed by atoms with Crippen LogP contribution in [0.2, 0.25) is 0 Å². The Balaban J connectivity index is 1.69. The highest BCUT2D eigenvalue weighted by molar-refractivity contribution is 6.04. The van der Waals surface area contributed by atoms with Gasteiger partial charge in [-0.25, -0.2) is 0 Å². The van der Waals surface area contributed by atoms with E-state index in [0.717, 1.165) is 0 Å². The van der Waals surface area contributed by atoms with Crippen molar-refractivity contribution in [3.05, 3.63) is 48.0 Å². The Morgan fingerprint density at radius 1 is 1.12 bits per heavy atom. The molecule has 0 aromatic heterocycles. The topological polar surface area (TPSA) is 56.8 Å². The molecule has 0 aliphatic carbocycles. The lowest BCUT2D eigenvalue weighted by molar-refractivity contribution is 0.102. The van der Waals surface area contributed by atoms with E-state index >= 15 is 0 Å². The zero-order chi connectivity index (χ0) is 16.9. The fourth-order valence-electron chi connectivity index (χ4n) is 2.31. The van der Waals surface area contributed by atoms with Crippen LogP contribution in [0.15, 0.2) is 42.5 Å². The van der Waals surface area contributed by atoms with Gasteiger partial charge in [-0.1, -0.05) is 19.9 Å². The van der Waals surface area contributed by atoms with Gasteiger partial charge >= 0.3 is 0 Å². The Morgan fingerprint density at radius 3 is 2.71 bits per heavy atom. The second kappa shape index (κ2) is 7.25. The molecule has 3 rings (SSSR count). The van der Waals surface area contributed by atoms with Gasteiger partial charge in [0.05, 0.1) is 6.61 Å². The Bertz CT molecular complexity index is 727. The lowest BCUT2D eigenvalue weighted by Gasteiger charge is -2.19. The van der Waals surface area contributed by atoms with Gasteiger partial charge in [0.2, 0.25) is 0 Å². The molecular weight excluding hydrogens is 306 g/mol. The Kier molecular flexibility index (Phi) is 4.89. The zero-order valence-electron chi connectivity index (χ0n) is 13.9. The maximum Gasteiger partial charge on any atom is 0.255 e. The Morgan fingerprint density at radius 2 is 1.92 bits per heavy atom. The van der Waals surface area contributed by atoms with Crippen molar-refractivity contribution >= 4 is 11.6 Å². The van der Waals surface area contributed by atoms with E-state index in [-0.39, 0.29) is 5.91 Å². The van der Waals surface area contributed by atoms with E-state index in [9.17, 15) is 4.79 Å². The van der Waals surface area contributed by atoms with E-state index < -0.39 is 0 Å². The number of hydrogen-bond donors (Lipinski definition) is 1. The molecule has 2 aromatic carbocycles. The monoisotopic (exact) mass is 327 g/mol. The van der Waals surface area contributed by atoms with Crippen molar-refractivity contribution in [1.82, 2.24) is 0 Å². The highest BCUT2D eigenvalue weighted by Gasteiger charge is 2.13. The van der Waals surface area contributed by atoms with Crippen LogP contribution in [-0.2, 0) is 0 Å². The quantitative estimate of drug-likeness (QED) is 0.909. The maximum absolute atomic E-state index is 12.4. The number of carbonyl (C=O) groups excluding carboxylic acids is 1. The lowest BCUT2D eigenvalue weighted by atomic mass is 10.2. The van der Waals surface area contributed by atoms with Gasteiger partial charge in [-0.05, 0) is 36.2 Å². The van der Waals surface area contributed by atoms with Crippen molar-refractivity contribution in [3.63, 3.8) is 0 Å². The van der Waals surface area contributed by atoms with Crippen LogP contribution in [-0.4, -0.2) is 25.7 Å². The minimum atomic E-state index is -0.193. The summed E-state index contributed by atoms with van der Waals surface area (Å²) in [7, 11) is 0. The van der Waals surface area contributed by atoms with E-state index in [0.29, 0.717) is 54.2 Å². The molecule has 1 aliphatic heterocycles. The number of amides is 1. The van der Waals surface area contributed by atoms with Crippen molar-refractivity contribution < 1.29 is 19.0 Å². The molecule has 1 aliphatic rings. The number of benzene rings is 2. The second-order valence-corrected chi connectivity index (χ2v) is 6.05. The van der Waals surface area contributed by atoms with Crippen LogP contribution >= 0.6 is 0 Å². The number of anilines is 1. The number of hydrogen-bond acceptors (Lipinski definition) is 4. The van der Waals surface area contributed by atoms with Gasteiger partial charge in [0, 0.05) is 17.3 Å². The summed E-state index contributed by atoms with van der Waals surface area (Å²) in [5.41, 5.74) is 1.21. The fraction of sp³-hybridized carbons (Fsp3) is 0.316. The molecule has 1 heterocycles. The SMILES string of the molecule is CC(C)COc1cccc(C(=O)Nc2ccc3c(c2)OCCO3)c1. The van der Waals surface area contributed by atoms with Gasteiger partial charge < -0.3 is 19.5 Å². The number of rotatable bonds is 5. The highest BCUT2D eigenvalue weighted by atomic mass is 16.6. The van der Waals surface area contributed by atoms with E-state index in [4.69, 9.17) is 14.2 Å². The molecule has 126 valence electrons. The van der Waals surface area contributed by atoms with Gasteiger partial charge in [0.1, 0.15) is 19.0 Å². The third-order valence-corrected chi connectivity index (χ3v) is 3.48. The highest BCUT2D eigenvalue weighted by Crippen LogP contribution is 2.32. The molecule has 0 unspecified atom stereocenters. The molecule has 24 heavy (non-hydrogen) atoms. The molecule has 0 saturated carbocycles. The third-order valence-electron chi connectivity index (χ3n) is 3.48. The molecule has 1 N–H and O–H groups in total. The predicted molar refractivity (Wildman–Crippen MR) is 92.2 cm³/mol. The first-order valence-corrected chi connectivity index (χ1v) is 8.05. The average molecular weight is 327 g/mol. The molecule has 0 bridgehead atoms. The molecule has 2 aromatic rings. The Labute approximate surface area is 141 Å². The first kappa shape index (κ1) is 16.2. The van der Waals surface area contributed by atoms with Crippen molar-refractivity contribution in [2.24, 2.45) is 5.92 Å². The van der Waals surface area contributed by atoms with Crippen LogP contribution in [0.5, 0.6) is 17.2 Å². The van der Waals surface area contributed by atoms with E-state index in [2.05, 4.69) is 19.2 Å². The van der Waals surface area contributed by atoms with Gasteiger partial charge in [0.15, 0.2) is 11.5 Å². The first-order valence-electron chi connectivity index (χ1n) is 8.05. The normalized spacial score (nSPS) is 12.8. The summed E-state index contributed by atoms with van der Waals surface area (Å²) < 4.78 is 16.7. The van der Waals surface area contributed by atoms with Crippen LogP contribution in [0.1, 0.15) is 24.2 Å². The van der Waals surface area contributed by atoms with Gasteiger partial charge in [-0.2, -0.15) is 0 Å². The molecule has 0 radical (unpaired) electrons. The molecular formula is C19H21NO4. The molecule has 1 amide bonds. The van der Waals surface area contributed by atoms with Crippen LogP contribution in [0.25, 0.3) is 0 Å². The molecule has 0 spiro atoms. The first-order chi connectivity index (χ1) is 11.6. The third kappa shape index (κ3) is 3.98. The van der Waals surface area contributed by atoms with E-state index in [1.165, 1.54) is 0 Å². The molecule has 0 saturated heterocycles. The van der Waals surface area contributed by atoms with E-state index in [1.807, 2.05) is 12.1 Å². The fourth-order valence-corrected chi connectivity index (χ4v) is 2.31. The van der Waals surface area contributed by atoms with Gasteiger partial charge in [-0.3, -0.25) is 4.79 Å². The number of ether oxygens (including phenoxy) is 3. The predicted octanol–water partition coefficient (Wildman–Crippen LogP) is 3.74. The van der Waals surface area contributed by atoms with Crippen LogP contribution in [0, 0.1) is 5.92 Å². The van der Waals surface area contributed by atoms with Gasteiger partial charge in [-0.15, -0.1) is 0 Å². The van der Waals surface area contributed by atoms with Crippen molar-refractivity contribution in [2.75, 3.05) is 25.1 Å². The number of nitrogens with one attached hydrogen (secondary N) is 1. The van der Waals surface area contributed by atoms with Crippen LogP contribution in [0.3, 0.4) is 0 Å². The number of carbonyl (C=O) groups is 1. The summed E-state index contributed by atoms with van der Waals surface area (Å²) in [6, 6.07) is 12.5. The maximum atomic E-state index is 12.4. The standard InChI is InChI=1S/C19H21NO4/c1-13(2)12-24-16-5-3-4-14(10-16)19(21)20-15-6-7-17-18(11-15)23-9-8-22-17/h3-7,10-11,13H,8-9,12H2,1-2H3,(H,20,21). The zero-order valence-corrected chi connectivity index (χ0v) is 13.9. The minimum Gasteiger partial charge on any atom is -0.493 e. The summed E-state index contributed by atoms with van der Waals surface area (Å²) in [5, 5.41) is 2.87. The van der Waals surface area contributed by atoms with Crippen molar-refractivity contribution in [3.8, 4) is 17.2 Å². The van der Waals surface area contributed by atoms with Crippen LogP contribution in [0.4, 0.5) is 5.69 Å². The largest absolute Gasteiger partial charge is 0.493 e. The van der Waals surface area contributed by atoms with Crippen LogP contribution < -0.4 is 19.5 Å². The molecule has 5 nitrogen and oxygen atoms in total. The molecule has 0 atom stereocenters. The molecule has 0 fully saturated rings. The van der Waals surface area contributed by atoms with E-state index in [1.54, 1.807) is 30.3 Å². The second-order valence-electron chi connectivity index (χ2n) is 6.05. The molecule has 5 heteroatoms.